The van der Waals surface area contributed by atoms with Gasteiger partial charge in [0.1, 0.15) is 21.5 Å². The van der Waals surface area contributed by atoms with Crippen LogP contribution in [0.5, 0.6) is 0 Å². The highest BCUT2D eigenvalue weighted by atomic mass is 32.2. The molecule has 1 aliphatic rings. The van der Waals surface area contributed by atoms with Crippen LogP contribution in [0.4, 0.5) is 19.3 Å². The van der Waals surface area contributed by atoms with Gasteiger partial charge in [0.2, 0.25) is 0 Å². The molecule has 1 N–H and O–H groups in total. The lowest BCUT2D eigenvalue weighted by Gasteiger charge is -2.34. The molecule has 0 heterocycles. The number of carbonyl (C=O) groups excluding carboxylic acids is 1. The highest BCUT2D eigenvalue weighted by Crippen LogP contribution is 2.29. The molecule has 0 saturated heterocycles. The van der Waals surface area contributed by atoms with Crippen molar-refractivity contribution in [2.45, 2.75) is 31.7 Å². The van der Waals surface area contributed by atoms with Crippen LogP contribution < -0.4 is 5.32 Å². The minimum absolute atomic E-state index is 0.0651. The number of urea groups is 1. The fourth-order valence-electron chi connectivity index (χ4n) is 3.97. The molecule has 3 rings (SSSR count). The van der Waals surface area contributed by atoms with Crippen LogP contribution >= 0.6 is 0 Å². The Labute approximate surface area is 176 Å². The Kier molecular flexibility index (Phi) is 6.75. The summed E-state index contributed by atoms with van der Waals surface area (Å²) in [4.78, 5) is 14.2. The normalized spacial score (nSPS) is 19.3. The van der Waals surface area contributed by atoms with Crippen molar-refractivity contribution in [1.29, 1.82) is 0 Å². The molecule has 0 aliphatic heterocycles. The number of carbonyl (C=O) groups is 1. The number of sulfone groups is 1. The number of rotatable bonds is 5. The zero-order valence-electron chi connectivity index (χ0n) is 17.1. The van der Waals surface area contributed by atoms with Crippen molar-refractivity contribution in [2.75, 3.05) is 24.4 Å². The highest BCUT2D eigenvalue weighted by Gasteiger charge is 2.28. The van der Waals surface area contributed by atoms with E-state index >= 15 is 0 Å². The standard InChI is InChI=1S/C22H26F2N2O3S/c1-26(21-9-3-15(4-10-21)14-30(2,28)29)22(27)25-20-7-5-16(6-8-20)17-11-18(23)13-19(24)12-17/h5-8,11-13,15,21H,3-4,9-10,14H2,1-2H3,(H,25,27). The Morgan fingerprint density at radius 2 is 1.57 bits per heavy atom. The van der Waals surface area contributed by atoms with E-state index in [1.54, 1.807) is 36.2 Å². The van der Waals surface area contributed by atoms with Gasteiger partial charge in [0.05, 0.1) is 5.75 Å². The van der Waals surface area contributed by atoms with Gasteiger partial charge in [-0.1, -0.05) is 12.1 Å². The lowest BCUT2D eigenvalue weighted by atomic mass is 9.86. The minimum Gasteiger partial charge on any atom is -0.325 e. The number of amides is 2. The van der Waals surface area contributed by atoms with Crippen LogP contribution in [0.3, 0.4) is 0 Å². The molecular weight excluding hydrogens is 410 g/mol. The SMILES string of the molecule is CN(C(=O)Nc1ccc(-c2cc(F)cc(F)c2)cc1)C1CCC(CS(C)(=O)=O)CC1. The maximum atomic E-state index is 13.4. The van der Waals surface area contributed by atoms with Crippen molar-refractivity contribution in [3.63, 3.8) is 0 Å². The fraction of sp³-hybridized carbons (Fsp3) is 0.409. The number of benzene rings is 2. The van der Waals surface area contributed by atoms with Gasteiger partial charge in [0.25, 0.3) is 0 Å². The van der Waals surface area contributed by atoms with Crippen LogP contribution in [0, 0.1) is 17.6 Å². The monoisotopic (exact) mass is 436 g/mol. The number of nitrogens with zero attached hydrogens (tertiary/aromatic N) is 1. The summed E-state index contributed by atoms with van der Waals surface area (Å²) < 4.78 is 49.7. The maximum Gasteiger partial charge on any atom is 0.321 e. The first-order valence-electron chi connectivity index (χ1n) is 9.89. The average Bonchev–Trinajstić information content (AvgIpc) is 2.66. The summed E-state index contributed by atoms with van der Waals surface area (Å²) in [5, 5.41) is 2.83. The summed E-state index contributed by atoms with van der Waals surface area (Å²) in [6, 6.07) is 9.92. The topological polar surface area (TPSA) is 66.5 Å². The van der Waals surface area contributed by atoms with Gasteiger partial charge in [-0.3, -0.25) is 0 Å². The van der Waals surface area contributed by atoms with Gasteiger partial charge in [-0.2, -0.15) is 0 Å². The molecule has 2 aromatic carbocycles. The van der Waals surface area contributed by atoms with Crippen LogP contribution in [0.2, 0.25) is 0 Å². The molecule has 5 nitrogen and oxygen atoms in total. The van der Waals surface area contributed by atoms with Crippen molar-refractivity contribution in [3.05, 3.63) is 54.1 Å². The third kappa shape index (κ3) is 6.01. The zero-order valence-corrected chi connectivity index (χ0v) is 17.9. The van der Waals surface area contributed by atoms with Gasteiger partial charge in [0.15, 0.2) is 0 Å². The molecule has 0 spiro atoms. The highest BCUT2D eigenvalue weighted by molar-refractivity contribution is 7.90. The second-order valence-corrected chi connectivity index (χ2v) is 10.2. The van der Waals surface area contributed by atoms with E-state index in [1.165, 1.54) is 18.4 Å². The van der Waals surface area contributed by atoms with E-state index in [0.29, 0.717) is 16.8 Å². The largest absolute Gasteiger partial charge is 0.325 e. The molecule has 8 heteroatoms. The second kappa shape index (κ2) is 9.12. The number of hydrogen-bond acceptors (Lipinski definition) is 3. The first kappa shape index (κ1) is 22.2. The van der Waals surface area contributed by atoms with Gasteiger partial charge in [-0.05, 0) is 67.0 Å². The Hall–Kier alpha value is -2.48. The van der Waals surface area contributed by atoms with Crippen LogP contribution in [-0.4, -0.2) is 44.4 Å². The summed E-state index contributed by atoms with van der Waals surface area (Å²) in [7, 11) is -1.24. The Morgan fingerprint density at radius 1 is 1.00 bits per heavy atom. The van der Waals surface area contributed by atoms with E-state index in [9.17, 15) is 22.0 Å². The van der Waals surface area contributed by atoms with E-state index in [-0.39, 0.29) is 23.7 Å². The average molecular weight is 437 g/mol. The lowest BCUT2D eigenvalue weighted by Crippen LogP contribution is -2.42. The molecule has 0 atom stereocenters. The minimum atomic E-state index is -2.98. The zero-order chi connectivity index (χ0) is 21.9. The molecule has 1 saturated carbocycles. The molecule has 0 unspecified atom stereocenters. The number of nitrogens with one attached hydrogen (secondary N) is 1. The Balaban J connectivity index is 1.57. The predicted molar refractivity (Wildman–Crippen MR) is 114 cm³/mol. The fourth-order valence-corrected chi connectivity index (χ4v) is 5.16. The van der Waals surface area contributed by atoms with Gasteiger partial charge in [-0.25, -0.2) is 22.0 Å². The molecule has 2 aromatic rings. The second-order valence-electron chi connectivity index (χ2n) is 8.04. The first-order valence-corrected chi connectivity index (χ1v) is 11.9. The van der Waals surface area contributed by atoms with E-state index in [4.69, 9.17) is 0 Å². The Morgan fingerprint density at radius 3 is 2.10 bits per heavy atom. The van der Waals surface area contributed by atoms with Gasteiger partial charge >= 0.3 is 6.03 Å². The number of halogens is 2. The lowest BCUT2D eigenvalue weighted by molar-refractivity contribution is 0.175. The van der Waals surface area contributed by atoms with Crippen molar-refractivity contribution < 1.29 is 22.0 Å². The molecule has 0 radical (unpaired) electrons. The molecule has 30 heavy (non-hydrogen) atoms. The summed E-state index contributed by atoms with van der Waals surface area (Å²) >= 11 is 0. The van der Waals surface area contributed by atoms with E-state index in [1.807, 2.05) is 0 Å². The molecule has 0 bridgehead atoms. The molecular formula is C22H26F2N2O3S. The molecule has 162 valence electrons. The van der Waals surface area contributed by atoms with Crippen LogP contribution in [-0.2, 0) is 9.84 Å². The summed E-state index contributed by atoms with van der Waals surface area (Å²) in [6.07, 6.45) is 4.37. The summed E-state index contributed by atoms with van der Waals surface area (Å²) in [5.74, 6) is -0.921. The van der Waals surface area contributed by atoms with Crippen LogP contribution in [0.25, 0.3) is 11.1 Å². The molecule has 1 fully saturated rings. The van der Waals surface area contributed by atoms with Crippen LogP contribution in [0.15, 0.2) is 42.5 Å². The van der Waals surface area contributed by atoms with Crippen LogP contribution in [0.1, 0.15) is 25.7 Å². The van der Waals surface area contributed by atoms with Crippen molar-refractivity contribution in [3.8, 4) is 11.1 Å². The van der Waals surface area contributed by atoms with Crippen molar-refractivity contribution in [2.24, 2.45) is 5.92 Å². The summed E-state index contributed by atoms with van der Waals surface area (Å²) in [6.45, 7) is 0. The third-order valence-corrected chi connectivity index (χ3v) is 6.63. The number of anilines is 1. The molecule has 0 aromatic heterocycles. The summed E-state index contributed by atoms with van der Waals surface area (Å²) in [5.41, 5.74) is 1.65. The predicted octanol–water partition coefficient (Wildman–Crippen LogP) is 4.70. The van der Waals surface area contributed by atoms with Crippen molar-refractivity contribution in [1.82, 2.24) is 4.90 Å². The van der Waals surface area contributed by atoms with Gasteiger partial charge in [-0.15, -0.1) is 0 Å². The van der Waals surface area contributed by atoms with E-state index in [0.717, 1.165) is 31.7 Å². The first-order chi connectivity index (χ1) is 14.1. The maximum absolute atomic E-state index is 13.4. The van der Waals surface area contributed by atoms with Gasteiger partial charge in [0, 0.05) is 31.1 Å². The quantitative estimate of drug-likeness (QED) is 0.739. The van der Waals surface area contributed by atoms with E-state index < -0.39 is 21.5 Å². The number of hydrogen-bond donors (Lipinski definition) is 1. The molecule has 2 amide bonds. The molecule has 1 aliphatic carbocycles. The van der Waals surface area contributed by atoms with Gasteiger partial charge < -0.3 is 10.2 Å². The smallest absolute Gasteiger partial charge is 0.321 e. The Bertz CT molecular complexity index is 981. The van der Waals surface area contributed by atoms with E-state index in [2.05, 4.69) is 5.32 Å². The third-order valence-electron chi connectivity index (χ3n) is 5.55. The van der Waals surface area contributed by atoms with Crippen molar-refractivity contribution >= 4 is 21.6 Å².